The van der Waals surface area contributed by atoms with Gasteiger partial charge in [-0.05, 0) is 56.8 Å². The Morgan fingerprint density at radius 3 is 2.53 bits per heavy atom. The molecule has 184 valence electrons. The Labute approximate surface area is 208 Å². The van der Waals surface area contributed by atoms with E-state index in [1.54, 1.807) is 24.4 Å². The second-order valence-corrected chi connectivity index (χ2v) is 9.13. The van der Waals surface area contributed by atoms with Gasteiger partial charge in [-0.1, -0.05) is 12.1 Å². The van der Waals surface area contributed by atoms with Crippen LogP contribution in [0.15, 0.2) is 48.8 Å². The van der Waals surface area contributed by atoms with E-state index in [0.717, 1.165) is 31.9 Å². The number of aromatic nitrogens is 3. The van der Waals surface area contributed by atoms with Crippen LogP contribution in [0.5, 0.6) is 11.5 Å². The molecule has 1 N–H and O–H groups in total. The molecule has 4 aromatic rings. The lowest BCUT2D eigenvalue weighted by Gasteiger charge is -2.36. The first kappa shape index (κ1) is 23.6. The van der Waals surface area contributed by atoms with Crippen LogP contribution in [-0.2, 0) is 0 Å². The number of methoxy groups -OCH3 is 1. The number of benzene rings is 2. The Morgan fingerprint density at radius 2 is 1.89 bits per heavy atom. The number of phenolic OH excluding ortho intramolecular Hbond substituents is 1. The van der Waals surface area contributed by atoms with Crippen LogP contribution in [0, 0.1) is 17.1 Å². The minimum Gasteiger partial charge on any atom is -0.504 e. The zero-order valence-electron chi connectivity index (χ0n) is 20.4. The first-order chi connectivity index (χ1) is 17.4. The highest BCUT2D eigenvalue weighted by Crippen LogP contribution is 2.40. The molecule has 1 fully saturated rings. The number of nitrogens with zero attached hydrogens (tertiary/aromatic N) is 6. The average Bonchev–Trinajstić information content (AvgIpc) is 3.37. The number of aromatic hydroxyl groups is 1. The molecule has 1 aliphatic heterocycles. The van der Waals surface area contributed by atoms with Gasteiger partial charge in [0, 0.05) is 37.1 Å². The molecule has 5 rings (SSSR count). The molecular formula is C27H27FN6O2. The number of anilines is 1. The number of hydrogen-bond acceptors (Lipinski definition) is 7. The van der Waals surface area contributed by atoms with Crippen LogP contribution in [0.3, 0.4) is 0 Å². The zero-order valence-corrected chi connectivity index (χ0v) is 20.4. The topological polar surface area (TPSA) is 89.9 Å². The number of hydrogen-bond donors (Lipinski definition) is 1. The molecule has 36 heavy (non-hydrogen) atoms. The monoisotopic (exact) mass is 486 g/mol. The van der Waals surface area contributed by atoms with Crippen molar-refractivity contribution >= 4 is 11.6 Å². The summed E-state index contributed by atoms with van der Waals surface area (Å²) in [7, 11) is 5.69. The molecule has 3 heterocycles. The van der Waals surface area contributed by atoms with Crippen molar-refractivity contribution in [2.24, 2.45) is 0 Å². The number of rotatable bonds is 5. The lowest BCUT2D eigenvalue weighted by molar-refractivity contribution is 0.249. The van der Waals surface area contributed by atoms with Gasteiger partial charge in [0.25, 0.3) is 0 Å². The third-order valence-corrected chi connectivity index (χ3v) is 6.84. The summed E-state index contributed by atoms with van der Waals surface area (Å²) in [5, 5.41) is 19.7. The third-order valence-electron chi connectivity index (χ3n) is 6.84. The normalized spacial score (nSPS) is 14.4. The molecular weight excluding hydrogens is 459 g/mol. The smallest absolute Gasteiger partial charge is 0.211 e. The van der Waals surface area contributed by atoms with Crippen molar-refractivity contribution < 1.29 is 14.2 Å². The van der Waals surface area contributed by atoms with E-state index in [1.165, 1.54) is 19.2 Å². The van der Waals surface area contributed by atoms with E-state index in [4.69, 9.17) is 9.72 Å². The van der Waals surface area contributed by atoms with E-state index in [2.05, 4.69) is 28.9 Å². The molecule has 9 heteroatoms. The van der Waals surface area contributed by atoms with Gasteiger partial charge in [-0.25, -0.2) is 14.4 Å². The van der Waals surface area contributed by atoms with Gasteiger partial charge in [0.2, 0.25) is 5.95 Å². The van der Waals surface area contributed by atoms with Crippen LogP contribution < -0.4 is 9.64 Å². The van der Waals surface area contributed by atoms with Crippen molar-refractivity contribution in [2.75, 3.05) is 39.2 Å². The van der Waals surface area contributed by atoms with Crippen LogP contribution in [-0.4, -0.2) is 64.7 Å². The zero-order chi connectivity index (χ0) is 25.4. The molecule has 2 aromatic carbocycles. The Hall–Kier alpha value is -4.16. The molecule has 0 saturated carbocycles. The molecule has 1 aliphatic rings. The number of nitriles is 1. The van der Waals surface area contributed by atoms with Gasteiger partial charge < -0.3 is 19.6 Å². The van der Waals surface area contributed by atoms with E-state index < -0.39 is 5.82 Å². The van der Waals surface area contributed by atoms with Crippen molar-refractivity contribution in [3.63, 3.8) is 0 Å². The van der Waals surface area contributed by atoms with Gasteiger partial charge in [0.1, 0.15) is 17.5 Å². The van der Waals surface area contributed by atoms with Gasteiger partial charge in [-0.3, -0.25) is 4.40 Å². The van der Waals surface area contributed by atoms with E-state index in [-0.39, 0.29) is 11.3 Å². The second kappa shape index (κ2) is 9.47. The molecule has 2 aromatic heterocycles. The maximum Gasteiger partial charge on any atom is 0.211 e. The Balaban J connectivity index is 1.72. The fourth-order valence-corrected chi connectivity index (χ4v) is 4.84. The molecule has 0 aliphatic carbocycles. The highest BCUT2D eigenvalue weighted by Gasteiger charge is 2.26. The Morgan fingerprint density at radius 1 is 1.14 bits per heavy atom. The first-order valence-corrected chi connectivity index (χ1v) is 11.8. The molecule has 0 atom stereocenters. The van der Waals surface area contributed by atoms with E-state index in [0.29, 0.717) is 39.8 Å². The predicted molar refractivity (Wildman–Crippen MR) is 136 cm³/mol. The molecule has 0 amide bonds. The maximum absolute atomic E-state index is 14.7. The van der Waals surface area contributed by atoms with Gasteiger partial charge in [-0.2, -0.15) is 5.26 Å². The number of piperidine rings is 1. The van der Waals surface area contributed by atoms with Crippen molar-refractivity contribution in [3.8, 4) is 40.0 Å². The fraction of sp³-hybridized carbons (Fsp3) is 0.296. The summed E-state index contributed by atoms with van der Waals surface area (Å²) in [5.74, 6) is 0.432. The van der Waals surface area contributed by atoms with Crippen LogP contribution in [0.25, 0.3) is 28.0 Å². The predicted octanol–water partition coefficient (Wildman–Crippen LogP) is 4.32. The summed E-state index contributed by atoms with van der Waals surface area (Å²) >= 11 is 0. The number of ether oxygens (including phenoxy) is 1. The van der Waals surface area contributed by atoms with Crippen LogP contribution >= 0.6 is 0 Å². The summed E-state index contributed by atoms with van der Waals surface area (Å²) in [5.41, 5.74) is 2.95. The molecule has 0 spiro atoms. The standard InChI is InChI=1S/C27H27FN6O2/c1-32(2)20-8-11-33(12-9-20)27-31-25(18-4-5-19(16-29)21(28)14-18)24(26-30-10-13-34(26)27)17-6-7-23(36-3)22(35)15-17/h4-7,10,13-15,20,35H,8-9,11-12H2,1-3H3. The quantitative estimate of drug-likeness (QED) is 0.449. The Bertz CT molecular complexity index is 1470. The average molecular weight is 487 g/mol. The number of fused-ring (bicyclic) bond motifs is 1. The Kier molecular flexibility index (Phi) is 6.20. The van der Waals surface area contributed by atoms with Crippen LogP contribution in [0.1, 0.15) is 18.4 Å². The summed E-state index contributed by atoms with van der Waals surface area (Å²) in [6.07, 6.45) is 5.58. The summed E-state index contributed by atoms with van der Waals surface area (Å²) in [6.45, 7) is 1.65. The largest absolute Gasteiger partial charge is 0.504 e. The number of imidazole rings is 1. The highest BCUT2D eigenvalue weighted by molar-refractivity contribution is 5.91. The van der Waals surface area contributed by atoms with Crippen molar-refractivity contribution in [1.29, 1.82) is 5.26 Å². The molecule has 0 bridgehead atoms. The van der Waals surface area contributed by atoms with Gasteiger partial charge in [0.05, 0.1) is 23.9 Å². The fourth-order valence-electron chi connectivity index (χ4n) is 4.84. The van der Waals surface area contributed by atoms with Crippen molar-refractivity contribution in [3.05, 3.63) is 60.2 Å². The molecule has 0 unspecified atom stereocenters. The van der Waals surface area contributed by atoms with Gasteiger partial charge in [-0.15, -0.1) is 0 Å². The lowest BCUT2D eigenvalue weighted by atomic mass is 9.98. The second-order valence-electron chi connectivity index (χ2n) is 9.13. The summed E-state index contributed by atoms with van der Waals surface area (Å²) < 4.78 is 21.9. The molecule has 8 nitrogen and oxygen atoms in total. The SMILES string of the molecule is COc1ccc(-c2c(-c3ccc(C#N)c(F)c3)nc(N3CCC(N(C)C)CC3)n3ccnc23)cc1O. The van der Waals surface area contributed by atoms with E-state index >= 15 is 0 Å². The van der Waals surface area contributed by atoms with Crippen LogP contribution in [0.2, 0.25) is 0 Å². The van der Waals surface area contributed by atoms with Crippen LogP contribution in [0.4, 0.5) is 10.3 Å². The van der Waals surface area contributed by atoms with Gasteiger partial charge >= 0.3 is 0 Å². The van der Waals surface area contributed by atoms with E-state index in [9.17, 15) is 14.8 Å². The summed E-state index contributed by atoms with van der Waals surface area (Å²) in [4.78, 5) is 14.2. The minimum absolute atomic E-state index is 0.0218. The minimum atomic E-state index is -0.614. The third kappa shape index (κ3) is 4.10. The molecule has 0 radical (unpaired) electrons. The van der Waals surface area contributed by atoms with Crippen molar-refractivity contribution in [2.45, 2.75) is 18.9 Å². The summed E-state index contributed by atoms with van der Waals surface area (Å²) in [6, 6.07) is 11.9. The maximum atomic E-state index is 14.7. The van der Waals surface area contributed by atoms with Crippen molar-refractivity contribution in [1.82, 2.24) is 19.3 Å². The first-order valence-electron chi connectivity index (χ1n) is 11.8. The number of phenols is 1. The highest BCUT2D eigenvalue weighted by atomic mass is 19.1. The number of halogens is 1. The van der Waals surface area contributed by atoms with E-state index in [1.807, 2.05) is 22.7 Å². The molecule has 1 saturated heterocycles. The van der Waals surface area contributed by atoms with Gasteiger partial charge in [0.15, 0.2) is 11.5 Å². The lowest BCUT2D eigenvalue weighted by Crippen LogP contribution is -2.43.